The van der Waals surface area contributed by atoms with E-state index in [0.29, 0.717) is 13.0 Å². The second-order valence-corrected chi connectivity index (χ2v) is 4.43. The molecule has 20 heavy (non-hydrogen) atoms. The highest BCUT2D eigenvalue weighted by molar-refractivity contribution is 5.94. The molecule has 0 radical (unpaired) electrons. The molecule has 104 valence electrons. The predicted molar refractivity (Wildman–Crippen MR) is 71.3 cm³/mol. The molecule has 1 amide bonds. The van der Waals surface area contributed by atoms with Crippen molar-refractivity contribution in [3.05, 3.63) is 65.5 Å². The van der Waals surface area contributed by atoms with Gasteiger partial charge >= 0.3 is 0 Å². The molecule has 2 aromatic rings. The highest BCUT2D eigenvalue weighted by atomic mass is 19.2. The number of aromatic nitrogens is 1. The van der Waals surface area contributed by atoms with E-state index < -0.39 is 17.5 Å². The van der Waals surface area contributed by atoms with Crippen molar-refractivity contribution in [2.45, 2.75) is 6.42 Å². The molecule has 1 heterocycles. The first kappa shape index (κ1) is 14.1. The van der Waals surface area contributed by atoms with E-state index in [2.05, 4.69) is 4.98 Å². The molecule has 0 unspecified atom stereocenters. The molecule has 1 aromatic carbocycles. The zero-order valence-electron chi connectivity index (χ0n) is 11.0. The highest BCUT2D eigenvalue weighted by Gasteiger charge is 2.18. The summed E-state index contributed by atoms with van der Waals surface area (Å²) in [7, 11) is 1.56. The Bertz CT molecular complexity index is 602. The third-order valence-corrected chi connectivity index (χ3v) is 3.01. The predicted octanol–water partition coefficient (Wildman–Crippen LogP) is 2.67. The van der Waals surface area contributed by atoms with Crippen molar-refractivity contribution in [3.8, 4) is 0 Å². The number of likely N-dealkylation sites (N-methyl/N-ethyl adjacent to an activating group) is 1. The number of pyridine rings is 1. The van der Waals surface area contributed by atoms with Crippen molar-refractivity contribution in [1.82, 2.24) is 9.88 Å². The molecule has 0 saturated heterocycles. The molecule has 0 fully saturated rings. The Hall–Kier alpha value is -2.30. The number of benzene rings is 1. The summed E-state index contributed by atoms with van der Waals surface area (Å²) in [5.41, 5.74) is 0.779. The van der Waals surface area contributed by atoms with Gasteiger partial charge in [-0.1, -0.05) is 6.07 Å². The average Bonchev–Trinajstić information content (AvgIpc) is 2.48. The molecule has 0 N–H and O–H groups in total. The number of hydrogen-bond donors (Lipinski definition) is 0. The van der Waals surface area contributed by atoms with E-state index in [1.807, 2.05) is 12.1 Å². The molecule has 0 atom stereocenters. The fraction of sp³-hybridized carbons (Fsp3) is 0.200. The number of nitrogens with zero attached hydrogens (tertiary/aromatic N) is 2. The quantitative estimate of drug-likeness (QED) is 0.860. The van der Waals surface area contributed by atoms with Crippen molar-refractivity contribution in [3.63, 3.8) is 0 Å². The van der Waals surface area contributed by atoms with Crippen LogP contribution >= 0.6 is 0 Å². The van der Waals surface area contributed by atoms with Gasteiger partial charge in [0.1, 0.15) is 0 Å². The smallest absolute Gasteiger partial charge is 0.256 e. The number of carbonyl (C=O) groups is 1. The van der Waals surface area contributed by atoms with Crippen molar-refractivity contribution in [1.29, 1.82) is 0 Å². The Morgan fingerprint density at radius 2 is 1.90 bits per heavy atom. The summed E-state index contributed by atoms with van der Waals surface area (Å²) in [4.78, 5) is 17.3. The van der Waals surface area contributed by atoms with Gasteiger partial charge in [-0.15, -0.1) is 0 Å². The van der Waals surface area contributed by atoms with Gasteiger partial charge < -0.3 is 4.90 Å². The molecule has 2 rings (SSSR count). The Labute approximate surface area is 115 Å². The minimum absolute atomic E-state index is 0.248. The summed E-state index contributed by atoms with van der Waals surface area (Å²) in [6, 6.07) is 7.29. The zero-order valence-corrected chi connectivity index (χ0v) is 11.0. The second kappa shape index (κ2) is 6.23. The lowest BCUT2D eigenvalue weighted by molar-refractivity contribution is 0.0791. The standard InChI is InChI=1S/C15H14F2N2O/c1-19(10-7-11-5-8-18-9-6-11)15(20)12-3-2-4-13(16)14(12)17/h2-6,8-9H,7,10H2,1H3. The van der Waals surface area contributed by atoms with Crippen LogP contribution in [0.2, 0.25) is 0 Å². The van der Waals surface area contributed by atoms with Gasteiger partial charge in [-0.3, -0.25) is 9.78 Å². The molecular formula is C15H14F2N2O. The van der Waals surface area contributed by atoms with Crippen LogP contribution in [-0.2, 0) is 6.42 Å². The van der Waals surface area contributed by atoms with Crippen molar-refractivity contribution >= 4 is 5.91 Å². The molecule has 0 saturated carbocycles. The number of halogens is 2. The van der Waals surface area contributed by atoms with E-state index in [1.165, 1.54) is 17.0 Å². The van der Waals surface area contributed by atoms with Gasteiger partial charge in [-0.25, -0.2) is 8.78 Å². The Morgan fingerprint density at radius 1 is 1.20 bits per heavy atom. The summed E-state index contributed by atoms with van der Waals surface area (Å²) in [5, 5.41) is 0. The van der Waals surface area contributed by atoms with Crippen LogP contribution in [-0.4, -0.2) is 29.4 Å². The van der Waals surface area contributed by atoms with Gasteiger partial charge in [0.25, 0.3) is 5.91 Å². The van der Waals surface area contributed by atoms with Crippen LogP contribution < -0.4 is 0 Å². The fourth-order valence-corrected chi connectivity index (χ4v) is 1.82. The van der Waals surface area contributed by atoms with Gasteiger partial charge in [0.15, 0.2) is 11.6 Å². The number of amides is 1. The van der Waals surface area contributed by atoms with Gasteiger partial charge in [-0.05, 0) is 36.2 Å². The molecule has 0 aliphatic rings. The first-order chi connectivity index (χ1) is 9.59. The van der Waals surface area contributed by atoms with Crippen molar-refractivity contribution < 1.29 is 13.6 Å². The van der Waals surface area contributed by atoms with E-state index in [-0.39, 0.29) is 5.56 Å². The maximum absolute atomic E-state index is 13.5. The summed E-state index contributed by atoms with van der Waals surface area (Å²) in [5.74, 6) is -2.65. The Morgan fingerprint density at radius 3 is 2.60 bits per heavy atom. The van der Waals surface area contributed by atoms with Crippen LogP contribution in [0.15, 0.2) is 42.7 Å². The lowest BCUT2D eigenvalue weighted by Gasteiger charge is -2.17. The zero-order chi connectivity index (χ0) is 14.5. The van der Waals surface area contributed by atoms with Gasteiger partial charge in [0.05, 0.1) is 5.56 Å². The minimum Gasteiger partial charge on any atom is -0.341 e. The first-order valence-corrected chi connectivity index (χ1v) is 6.18. The van der Waals surface area contributed by atoms with E-state index in [4.69, 9.17) is 0 Å². The van der Waals surface area contributed by atoms with Crippen LogP contribution in [0.4, 0.5) is 8.78 Å². The summed E-state index contributed by atoms with van der Waals surface area (Å²) in [6.45, 7) is 0.415. The number of carbonyl (C=O) groups excluding carboxylic acids is 1. The SMILES string of the molecule is CN(CCc1ccncc1)C(=O)c1cccc(F)c1F. The van der Waals surface area contributed by atoms with Crippen molar-refractivity contribution in [2.75, 3.05) is 13.6 Å². The van der Waals surface area contributed by atoms with E-state index >= 15 is 0 Å². The van der Waals surface area contributed by atoms with Crippen LogP contribution in [0.3, 0.4) is 0 Å². The number of rotatable bonds is 4. The molecule has 0 bridgehead atoms. The van der Waals surface area contributed by atoms with Crippen LogP contribution in [0, 0.1) is 11.6 Å². The largest absolute Gasteiger partial charge is 0.341 e. The van der Waals surface area contributed by atoms with Gasteiger partial charge in [0, 0.05) is 26.0 Å². The molecule has 0 aliphatic heterocycles. The van der Waals surface area contributed by atoms with E-state index in [9.17, 15) is 13.6 Å². The van der Waals surface area contributed by atoms with Gasteiger partial charge in [-0.2, -0.15) is 0 Å². The highest BCUT2D eigenvalue weighted by Crippen LogP contribution is 2.13. The first-order valence-electron chi connectivity index (χ1n) is 6.18. The topological polar surface area (TPSA) is 33.2 Å². The van der Waals surface area contributed by atoms with E-state index in [1.54, 1.807) is 19.4 Å². The lowest BCUT2D eigenvalue weighted by Crippen LogP contribution is -2.29. The maximum atomic E-state index is 13.5. The summed E-state index contributed by atoms with van der Waals surface area (Å²) >= 11 is 0. The fourth-order valence-electron chi connectivity index (χ4n) is 1.82. The van der Waals surface area contributed by atoms with Gasteiger partial charge in [0.2, 0.25) is 0 Å². The molecule has 0 aliphatic carbocycles. The van der Waals surface area contributed by atoms with Crippen LogP contribution in [0.25, 0.3) is 0 Å². The lowest BCUT2D eigenvalue weighted by atomic mass is 10.1. The number of hydrogen-bond acceptors (Lipinski definition) is 2. The Kier molecular flexibility index (Phi) is 4.40. The molecule has 0 spiro atoms. The summed E-state index contributed by atoms with van der Waals surface area (Å²) in [6.07, 6.45) is 3.97. The molecule has 3 nitrogen and oxygen atoms in total. The monoisotopic (exact) mass is 276 g/mol. The third kappa shape index (κ3) is 3.17. The maximum Gasteiger partial charge on any atom is 0.256 e. The van der Waals surface area contributed by atoms with Crippen LogP contribution in [0.5, 0.6) is 0 Å². The Balaban J connectivity index is 2.04. The van der Waals surface area contributed by atoms with E-state index in [0.717, 1.165) is 11.6 Å². The van der Waals surface area contributed by atoms with Crippen LogP contribution in [0.1, 0.15) is 15.9 Å². The third-order valence-electron chi connectivity index (χ3n) is 3.01. The average molecular weight is 276 g/mol. The minimum atomic E-state index is -1.10. The van der Waals surface area contributed by atoms with Crippen molar-refractivity contribution in [2.24, 2.45) is 0 Å². The molecular weight excluding hydrogens is 262 g/mol. The summed E-state index contributed by atoms with van der Waals surface area (Å²) < 4.78 is 26.6. The second-order valence-electron chi connectivity index (χ2n) is 4.43. The molecule has 5 heteroatoms. The molecule has 1 aromatic heterocycles. The normalized spacial score (nSPS) is 10.3.